The van der Waals surface area contributed by atoms with Gasteiger partial charge in [0.1, 0.15) is 0 Å². The van der Waals surface area contributed by atoms with E-state index in [-0.39, 0.29) is 29.2 Å². The van der Waals surface area contributed by atoms with Crippen molar-refractivity contribution in [3.05, 3.63) is 23.8 Å². The van der Waals surface area contributed by atoms with Crippen molar-refractivity contribution in [2.75, 3.05) is 20.1 Å². The number of nitrogens with one attached hydrogen (secondary N) is 1. The van der Waals surface area contributed by atoms with Crippen LogP contribution in [0.25, 0.3) is 0 Å². The fourth-order valence-electron chi connectivity index (χ4n) is 2.42. The van der Waals surface area contributed by atoms with Gasteiger partial charge < -0.3 is 20.4 Å². The molecule has 1 unspecified atom stereocenters. The van der Waals surface area contributed by atoms with Crippen molar-refractivity contribution in [2.24, 2.45) is 5.92 Å². The normalized spacial score (nSPS) is 18.6. The highest BCUT2D eigenvalue weighted by Gasteiger charge is 2.28. The van der Waals surface area contributed by atoms with E-state index in [0.29, 0.717) is 18.7 Å². The molecule has 6 heteroatoms. The van der Waals surface area contributed by atoms with Crippen LogP contribution >= 0.6 is 0 Å². The van der Waals surface area contributed by atoms with Crippen molar-refractivity contribution in [3.8, 4) is 11.5 Å². The maximum Gasteiger partial charge on any atom is 0.254 e. The summed E-state index contributed by atoms with van der Waals surface area (Å²) in [5, 5.41) is 21.3. The first-order chi connectivity index (χ1) is 9.52. The molecular weight excluding hydrogens is 260 g/mol. The minimum atomic E-state index is -0.323. The number of hydrogen-bond acceptors (Lipinski definition) is 4. The van der Waals surface area contributed by atoms with Gasteiger partial charge in [-0.2, -0.15) is 0 Å². The zero-order chi connectivity index (χ0) is 14.7. The number of benzene rings is 1. The lowest BCUT2D eigenvalue weighted by Crippen LogP contribution is -2.44. The molecule has 1 fully saturated rings. The van der Waals surface area contributed by atoms with E-state index in [0.717, 1.165) is 12.8 Å². The van der Waals surface area contributed by atoms with Crippen molar-refractivity contribution < 1.29 is 19.8 Å². The molecule has 1 aromatic rings. The Labute approximate surface area is 117 Å². The lowest BCUT2D eigenvalue weighted by atomic mass is 9.96. The van der Waals surface area contributed by atoms with Crippen molar-refractivity contribution in [3.63, 3.8) is 0 Å². The fourth-order valence-corrected chi connectivity index (χ4v) is 2.42. The van der Waals surface area contributed by atoms with Gasteiger partial charge in [0.25, 0.3) is 5.91 Å². The second-order valence-electron chi connectivity index (χ2n) is 4.91. The molecular formula is C14H18N2O4. The summed E-state index contributed by atoms with van der Waals surface area (Å²) in [5.74, 6) is -1.08. The lowest BCUT2D eigenvalue weighted by Gasteiger charge is -2.31. The van der Waals surface area contributed by atoms with Gasteiger partial charge in [0.15, 0.2) is 11.5 Å². The van der Waals surface area contributed by atoms with Crippen molar-refractivity contribution in [2.45, 2.75) is 12.8 Å². The molecule has 0 aromatic heterocycles. The smallest absolute Gasteiger partial charge is 0.254 e. The first-order valence-corrected chi connectivity index (χ1v) is 6.55. The number of piperidine rings is 1. The van der Waals surface area contributed by atoms with Gasteiger partial charge in [0, 0.05) is 25.7 Å². The third-order valence-corrected chi connectivity index (χ3v) is 3.55. The van der Waals surface area contributed by atoms with Crippen LogP contribution in [0.3, 0.4) is 0 Å². The molecule has 1 atom stereocenters. The third kappa shape index (κ3) is 2.84. The predicted molar refractivity (Wildman–Crippen MR) is 72.5 cm³/mol. The van der Waals surface area contributed by atoms with Crippen molar-refractivity contribution in [1.29, 1.82) is 0 Å². The van der Waals surface area contributed by atoms with Gasteiger partial charge in [0.05, 0.1) is 5.92 Å². The zero-order valence-corrected chi connectivity index (χ0v) is 11.3. The molecule has 1 aliphatic heterocycles. The Balaban J connectivity index is 2.12. The van der Waals surface area contributed by atoms with E-state index in [9.17, 15) is 19.8 Å². The van der Waals surface area contributed by atoms with E-state index in [2.05, 4.69) is 5.32 Å². The summed E-state index contributed by atoms with van der Waals surface area (Å²) >= 11 is 0. The summed E-state index contributed by atoms with van der Waals surface area (Å²) in [6.45, 7) is 0.966. The predicted octanol–water partition coefficient (Wildman–Crippen LogP) is 0.696. The van der Waals surface area contributed by atoms with Crippen LogP contribution in [0.2, 0.25) is 0 Å². The number of aromatic hydroxyl groups is 2. The molecule has 1 saturated heterocycles. The monoisotopic (exact) mass is 278 g/mol. The fraction of sp³-hybridized carbons (Fsp3) is 0.429. The van der Waals surface area contributed by atoms with E-state index >= 15 is 0 Å². The average molecular weight is 278 g/mol. The first-order valence-electron chi connectivity index (χ1n) is 6.55. The number of amides is 2. The molecule has 3 N–H and O–H groups in total. The summed E-state index contributed by atoms with van der Waals surface area (Å²) in [6.07, 6.45) is 1.54. The minimum absolute atomic E-state index is 0.0592. The molecule has 1 heterocycles. The number of hydrogen-bond donors (Lipinski definition) is 3. The Morgan fingerprint density at radius 3 is 2.70 bits per heavy atom. The Morgan fingerprint density at radius 1 is 1.30 bits per heavy atom. The van der Waals surface area contributed by atoms with Gasteiger partial charge in [-0.25, -0.2) is 0 Å². The minimum Gasteiger partial charge on any atom is -0.504 e. The van der Waals surface area contributed by atoms with E-state index in [4.69, 9.17) is 0 Å². The average Bonchev–Trinajstić information content (AvgIpc) is 2.48. The van der Waals surface area contributed by atoms with Gasteiger partial charge in [-0.05, 0) is 31.0 Å². The van der Waals surface area contributed by atoms with Gasteiger partial charge >= 0.3 is 0 Å². The molecule has 2 amide bonds. The second kappa shape index (κ2) is 5.81. The van der Waals surface area contributed by atoms with Crippen LogP contribution in [-0.4, -0.2) is 47.1 Å². The Morgan fingerprint density at radius 2 is 2.05 bits per heavy atom. The van der Waals surface area contributed by atoms with E-state index < -0.39 is 0 Å². The van der Waals surface area contributed by atoms with Crippen molar-refractivity contribution >= 4 is 11.8 Å². The molecule has 0 saturated carbocycles. The maximum absolute atomic E-state index is 12.3. The summed E-state index contributed by atoms with van der Waals surface area (Å²) < 4.78 is 0. The van der Waals surface area contributed by atoms with Crippen LogP contribution in [0, 0.1) is 5.92 Å². The standard InChI is InChI=1S/C14H18N2O4/c1-15-13(19)10-3-2-6-16(8-10)14(20)9-4-5-11(17)12(18)7-9/h4-5,7,10,17-18H,2-3,6,8H2,1H3,(H,15,19). The molecule has 0 bridgehead atoms. The molecule has 0 radical (unpaired) electrons. The van der Waals surface area contributed by atoms with Crippen LogP contribution < -0.4 is 5.32 Å². The highest BCUT2D eigenvalue weighted by Crippen LogP contribution is 2.26. The molecule has 1 aliphatic rings. The van der Waals surface area contributed by atoms with Gasteiger partial charge in [-0.3, -0.25) is 9.59 Å². The quantitative estimate of drug-likeness (QED) is 0.694. The Hall–Kier alpha value is -2.24. The number of phenols is 2. The van der Waals surface area contributed by atoms with Crippen LogP contribution in [0.5, 0.6) is 11.5 Å². The Bertz CT molecular complexity index is 530. The van der Waals surface area contributed by atoms with Crippen LogP contribution in [0.1, 0.15) is 23.2 Å². The SMILES string of the molecule is CNC(=O)C1CCCN(C(=O)c2ccc(O)c(O)c2)C1. The first kappa shape index (κ1) is 14.2. The number of rotatable bonds is 2. The van der Waals surface area contributed by atoms with Crippen LogP contribution in [0.15, 0.2) is 18.2 Å². The lowest BCUT2D eigenvalue weighted by molar-refractivity contribution is -0.125. The third-order valence-electron chi connectivity index (χ3n) is 3.55. The molecule has 6 nitrogen and oxygen atoms in total. The van der Waals surface area contributed by atoms with E-state index in [1.54, 1.807) is 11.9 Å². The molecule has 0 spiro atoms. The zero-order valence-electron chi connectivity index (χ0n) is 11.3. The molecule has 108 valence electrons. The second-order valence-corrected chi connectivity index (χ2v) is 4.91. The molecule has 0 aliphatic carbocycles. The summed E-state index contributed by atoms with van der Waals surface area (Å²) in [6, 6.07) is 3.98. The number of phenolic OH excluding ortho intramolecular Hbond substituents is 2. The Kier molecular flexibility index (Phi) is 4.12. The maximum atomic E-state index is 12.3. The van der Waals surface area contributed by atoms with Gasteiger partial charge in [-0.15, -0.1) is 0 Å². The largest absolute Gasteiger partial charge is 0.504 e. The summed E-state index contributed by atoms with van der Waals surface area (Å²) in [4.78, 5) is 25.6. The molecule has 2 rings (SSSR count). The molecule has 1 aromatic carbocycles. The number of carbonyl (C=O) groups is 2. The van der Waals surface area contributed by atoms with Gasteiger partial charge in [0.2, 0.25) is 5.91 Å². The van der Waals surface area contributed by atoms with Crippen LogP contribution in [0.4, 0.5) is 0 Å². The summed E-state index contributed by atoms with van der Waals surface area (Å²) in [5.41, 5.74) is 0.304. The molecule has 20 heavy (non-hydrogen) atoms. The van der Waals surface area contributed by atoms with E-state index in [1.165, 1.54) is 18.2 Å². The van der Waals surface area contributed by atoms with Crippen LogP contribution in [-0.2, 0) is 4.79 Å². The van der Waals surface area contributed by atoms with Crippen molar-refractivity contribution in [1.82, 2.24) is 10.2 Å². The number of nitrogens with zero attached hydrogens (tertiary/aromatic N) is 1. The summed E-state index contributed by atoms with van der Waals surface area (Å²) in [7, 11) is 1.58. The topological polar surface area (TPSA) is 89.9 Å². The number of likely N-dealkylation sites (tertiary alicyclic amines) is 1. The highest BCUT2D eigenvalue weighted by atomic mass is 16.3. The van der Waals surface area contributed by atoms with Gasteiger partial charge in [-0.1, -0.05) is 0 Å². The highest BCUT2D eigenvalue weighted by molar-refractivity contribution is 5.95. The van der Waals surface area contributed by atoms with E-state index in [1.807, 2.05) is 0 Å². The number of carbonyl (C=O) groups excluding carboxylic acids is 2.